The van der Waals surface area contributed by atoms with Crippen molar-refractivity contribution in [3.63, 3.8) is 0 Å². The molecule has 0 aliphatic carbocycles. The van der Waals surface area contributed by atoms with E-state index in [9.17, 15) is 23.1 Å². The Kier molecular flexibility index (Phi) is 6.59. The summed E-state index contributed by atoms with van der Waals surface area (Å²) in [6.45, 7) is 1.18. The highest BCUT2D eigenvalue weighted by atomic mass is 35.5. The fourth-order valence-electron chi connectivity index (χ4n) is 3.05. The van der Waals surface area contributed by atoms with Crippen molar-refractivity contribution in [2.75, 3.05) is 0 Å². The van der Waals surface area contributed by atoms with E-state index in [2.05, 4.69) is 15.0 Å². The van der Waals surface area contributed by atoms with Crippen LogP contribution < -0.4 is 4.74 Å². The van der Waals surface area contributed by atoms with Gasteiger partial charge in [-0.3, -0.25) is 0 Å². The van der Waals surface area contributed by atoms with E-state index in [4.69, 9.17) is 33.0 Å². The quantitative estimate of drug-likeness (QED) is 0.459. The van der Waals surface area contributed by atoms with Gasteiger partial charge in [0.1, 0.15) is 10.9 Å². The summed E-state index contributed by atoms with van der Waals surface area (Å²) in [4.78, 5) is 21.9. The van der Waals surface area contributed by atoms with Crippen LogP contribution in [0.1, 0.15) is 34.5 Å². The first kappa shape index (κ1) is 23.7. The Morgan fingerprint density at radius 3 is 2.34 bits per heavy atom. The molecule has 168 valence electrons. The number of carbonyl (C=O) groups is 1. The second-order valence-corrected chi connectivity index (χ2v) is 7.48. The predicted octanol–water partition coefficient (Wildman–Crippen LogP) is 5.22. The molecule has 0 saturated heterocycles. The first-order chi connectivity index (χ1) is 14.9. The molecule has 12 heteroatoms. The third-order valence-corrected chi connectivity index (χ3v) is 5.27. The highest BCUT2D eigenvalue weighted by Crippen LogP contribution is 2.50. The molecule has 32 heavy (non-hydrogen) atoms. The van der Waals surface area contributed by atoms with Gasteiger partial charge in [0.15, 0.2) is 11.3 Å². The maximum Gasteiger partial charge on any atom is 0.422 e. The third-order valence-electron chi connectivity index (χ3n) is 4.73. The fraction of sp³-hybridized carbons (Fsp3) is 0.200. The van der Waals surface area contributed by atoms with Crippen LogP contribution in [0.4, 0.5) is 13.2 Å². The largest absolute Gasteiger partial charge is 0.476 e. The number of rotatable bonds is 6. The summed E-state index contributed by atoms with van der Waals surface area (Å²) < 4.78 is 47.4. The van der Waals surface area contributed by atoms with Crippen LogP contribution in [0, 0.1) is 0 Å². The summed E-state index contributed by atoms with van der Waals surface area (Å²) in [6, 6.07) is 5.83. The number of benzene rings is 1. The molecule has 0 saturated carbocycles. The molecule has 2 heterocycles. The Morgan fingerprint density at radius 2 is 1.81 bits per heavy atom. The molecule has 2 N–H and O–H groups in total. The number of pyridine rings is 1. The molecule has 2 aromatic heterocycles. The van der Waals surface area contributed by atoms with Crippen molar-refractivity contribution < 1.29 is 32.9 Å². The summed E-state index contributed by atoms with van der Waals surface area (Å²) in [6.07, 6.45) is -1.93. The monoisotopic (exact) mass is 487 g/mol. The second-order valence-electron chi connectivity index (χ2n) is 6.68. The van der Waals surface area contributed by atoms with Gasteiger partial charge in [0.2, 0.25) is 5.88 Å². The molecule has 1 aromatic carbocycles. The SMILES string of the molecule is CC(c1ccc(Oc2cnc(C(=O)O)cn2)cc1Cl)C(O)(c1ccnc(Cl)c1)C(F)(F)F. The molecule has 0 aliphatic heterocycles. The zero-order valence-corrected chi connectivity index (χ0v) is 17.7. The first-order valence-electron chi connectivity index (χ1n) is 8.87. The van der Waals surface area contributed by atoms with Crippen molar-refractivity contribution in [2.24, 2.45) is 0 Å². The lowest BCUT2D eigenvalue weighted by Crippen LogP contribution is -2.46. The average molecular weight is 488 g/mol. The van der Waals surface area contributed by atoms with Crippen LogP contribution in [-0.4, -0.2) is 37.3 Å². The van der Waals surface area contributed by atoms with E-state index in [1.807, 2.05) is 0 Å². The normalized spacial score (nSPS) is 14.5. The Balaban J connectivity index is 1.93. The van der Waals surface area contributed by atoms with E-state index in [0.29, 0.717) is 0 Å². The lowest BCUT2D eigenvalue weighted by atomic mass is 9.78. The maximum absolute atomic E-state index is 14.0. The van der Waals surface area contributed by atoms with Crippen LogP contribution in [-0.2, 0) is 5.60 Å². The molecular weight excluding hydrogens is 474 g/mol. The summed E-state index contributed by atoms with van der Waals surface area (Å²) in [7, 11) is 0. The maximum atomic E-state index is 14.0. The Labute approximate surface area is 189 Å². The number of halogens is 5. The van der Waals surface area contributed by atoms with Gasteiger partial charge >= 0.3 is 12.1 Å². The van der Waals surface area contributed by atoms with Gasteiger partial charge in [0, 0.05) is 17.1 Å². The minimum Gasteiger partial charge on any atom is -0.476 e. The van der Waals surface area contributed by atoms with Gasteiger partial charge in [-0.15, -0.1) is 0 Å². The molecular formula is C20H14Cl2F3N3O4. The van der Waals surface area contributed by atoms with Crippen LogP contribution in [0.5, 0.6) is 11.6 Å². The van der Waals surface area contributed by atoms with E-state index in [-0.39, 0.29) is 33.1 Å². The Bertz CT molecular complexity index is 1150. The standard InChI is InChI=1S/C20H14Cl2F3N3O4/c1-10(19(31,20(23,24)25)11-4-5-26-16(22)6-11)13-3-2-12(7-14(13)21)32-17-9-27-15(8-28-17)18(29)30/h2-10,31H,1H3,(H,29,30). The van der Waals surface area contributed by atoms with Crippen molar-refractivity contribution in [2.45, 2.75) is 24.6 Å². The van der Waals surface area contributed by atoms with Crippen molar-refractivity contribution in [1.29, 1.82) is 0 Å². The van der Waals surface area contributed by atoms with Gasteiger partial charge in [0.05, 0.1) is 12.4 Å². The van der Waals surface area contributed by atoms with Crippen LogP contribution >= 0.6 is 23.2 Å². The lowest BCUT2D eigenvalue weighted by Gasteiger charge is -2.37. The van der Waals surface area contributed by atoms with E-state index >= 15 is 0 Å². The van der Waals surface area contributed by atoms with Gasteiger partial charge in [-0.05, 0) is 35.4 Å². The second kappa shape index (κ2) is 8.89. The van der Waals surface area contributed by atoms with Crippen molar-refractivity contribution in [1.82, 2.24) is 15.0 Å². The minimum atomic E-state index is -5.06. The van der Waals surface area contributed by atoms with Crippen LogP contribution in [0.25, 0.3) is 0 Å². The number of nitrogens with zero attached hydrogens (tertiary/aromatic N) is 3. The van der Waals surface area contributed by atoms with E-state index < -0.39 is 29.2 Å². The minimum absolute atomic E-state index is 0.000847. The molecule has 3 rings (SSSR count). The Morgan fingerprint density at radius 1 is 1.09 bits per heavy atom. The van der Waals surface area contributed by atoms with Gasteiger partial charge in [-0.1, -0.05) is 36.2 Å². The summed E-state index contributed by atoms with van der Waals surface area (Å²) in [5, 5.41) is 19.3. The van der Waals surface area contributed by atoms with Crippen molar-refractivity contribution in [3.05, 3.63) is 75.9 Å². The molecule has 0 amide bonds. The van der Waals surface area contributed by atoms with Gasteiger partial charge in [0.25, 0.3) is 0 Å². The molecule has 0 radical (unpaired) electrons. The Hall–Kier alpha value is -2.95. The zero-order valence-electron chi connectivity index (χ0n) is 16.1. The zero-order chi connectivity index (χ0) is 23.7. The predicted molar refractivity (Wildman–Crippen MR) is 108 cm³/mol. The number of ether oxygens (including phenoxy) is 1. The molecule has 0 bridgehead atoms. The molecule has 2 unspecified atom stereocenters. The number of carboxylic acid groups (broad SMARTS) is 1. The molecule has 0 spiro atoms. The van der Waals surface area contributed by atoms with Gasteiger partial charge in [-0.2, -0.15) is 13.2 Å². The number of aromatic carboxylic acids is 1. The number of hydrogen-bond acceptors (Lipinski definition) is 6. The van der Waals surface area contributed by atoms with Crippen LogP contribution in [0.2, 0.25) is 10.2 Å². The van der Waals surface area contributed by atoms with E-state index in [1.54, 1.807) is 0 Å². The molecule has 2 atom stereocenters. The highest BCUT2D eigenvalue weighted by molar-refractivity contribution is 6.31. The number of carboxylic acids is 1. The van der Waals surface area contributed by atoms with Gasteiger partial charge < -0.3 is 14.9 Å². The topological polar surface area (TPSA) is 105 Å². The molecule has 0 fully saturated rings. The number of alkyl halides is 3. The molecule has 7 nitrogen and oxygen atoms in total. The highest BCUT2D eigenvalue weighted by Gasteiger charge is 2.59. The summed E-state index contributed by atoms with van der Waals surface area (Å²) >= 11 is 12.0. The molecule has 3 aromatic rings. The fourth-order valence-corrected chi connectivity index (χ4v) is 3.55. The summed E-state index contributed by atoms with van der Waals surface area (Å²) in [5.74, 6) is -2.73. The van der Waals surface area contributed by atoms with E-state index in [1.165, 1.54) is 25.1 Å². The first-order valence-corrected chi connectivity index (χ1v) is 9.63. The van der Waals surface area contributed by atoms with Crippen molar-refractivity contribution >= 4 is 29.2 Å². The average Bonchev–Trinajstić information content (AvgIpc) is 2.72. The third kappa shape index (κ3) is 4.62. The number of hydrogen-bond donors (Lipinski definition) is 2. The number of aromatic nitrogens is 3. The summed E-state index contributed by atoms with van der Waals surface area (Å²) in [5.41, 5.74) is -4.08. The van der Waals surface area contributed by atoms with Crippen LogP contribution in [0.3, 0.4) is 0 Å². The van der Waals surface area contributed by atoms with Crippen molar-refractivity contribution in [3.8, 4) is 11.6 Å². The van der Waals surface area contributed by atoms with Crippen LogP contribution in [0.15, 0.2) is 48.9 Å². The smallest absolute Gasteiger partial charge is 0.422 e. The van der Waals surface area contributed by atoms with E-state index in [0.717, 1.165) is 30.7 Å². The molecule has 0 aliphatic rings. The lowest BCUT2D eigenvalue weighted by molar-refractivity contribution is -0.274. The van der Waals surface area contributed by atoms with Gasteiger partial charge in [-0.25, -0.2) is 19.7 Å². The number of aliphatic hydroxyl groups is 1.